The molecule has 0 spiro atoms. The van der Waals surface area contributed by atoms with Gasteiger partial charge in [-0.1, -0.05) is 31.0 Å². The largest absolute Gasteiger partial charge is 0.462 e. The molecule has 0 atom stereocenters. The van der Waals surface area contributed by atoms with Gasteiger partial charge in [0, 0.05) is 11.8 Å². The Morgan fingerprint density at radius 1 is 1.11 bits per heavy atom. The molecule has 1 saturated heterocycles. The Hall–Kier alpha value is -4.41. The van der Waals surface area contributed by atoms with Crippen molar-refractivity contribution in [1.82, 2.24) is 4.90 Å². The maximum absolute atomic E-state index is 13.0. The first-order valence-electron chi connectivity index (χ1n) is 13.5. The molecule has 3 aromatic carbocycles. The van der Waals surface area contributed by atoms with Gasteiger partial charge in [-0.05, 0) is 88.2 Å². The van der Waals surface area contributed by atoms with E-state index in [2.05, 4.69) is 21.2 Å². The molecule has 0 unspecified atom stereocenters. The fourth-order valence-corrected chi connectivity index (χ4v) is 5.52. The molecule has 1 aliphatic rings. The van der Waals surface area contributed by atoms with E-state index >= 15 is 0 Å². The van der Waals surface area contributed by atoms with Crippen molar-refractivity contribution in [2.75, 3.05) is 18.5 Å². The molecule has 0 bridgehead atoms. The number of nitrogens with one attached hydrogen (secondary N) is 1. The van der Waals surface area contributed by atoms with E-state index < -0.39 is 57.7 Å². The van der Waals surface area contributed by atoms with E-state index in [4.69, 9.17) is 21.1 Å². The summed E-state index contributed by atoms with van der Waals surface area (Å²) in [6.45, 7) is 1.52. The lowest BCUT2D eigenvalue weighted by Gasteiger charge is -2.13. The second-order valence-corrected chi connectivity index (χ2v) is 12.0. The van der Waals surface area contributed by atoms with Crippen LogP contribution in [0.25, 0.3) is 6.08 Å². The van der Waals surface area contributed by atoms with Crippen LogP contribution >= 0.6 is 39.3 Å². The van der Waals surface area contributed by atoms with Crippen LogP contribution in [-0.4, -0.2) is 46.0 Å². The Morgan fingerprint density at radius 2 is 1.83 bits per heavy atom. The Morgan fingerprint density at radius 3 is 2.49 bits per heavy atom. The number of nitro groups is 1. The predicted octanol–water partition coefficient (Wildman–Crippen LogP) is 8.45. The SMILES string of the molecule is CCCCOC(=O)c1cc(NC(=O)CN2C(=O)S/C(=C/c3ccc(Oc4ccc(C(F)(F)F)cc4[N+](=O)[O-])c(Br)c3)C2=O)ccc1Cl. The van der Waals surface area contributed by atoms with Gasteiger partial charge in [0.05, 0.1) is 37.1 Å². The number of halogens is 5. The molecule has 1 N–H and O–H groups in total. The third-order valence-electron chi connectivity index (χ3n) is 6.33. The quantitative estimate of drug-likeness (QED) is 0.0670. The number of unbranched alkanes of at least 4 members (excludes halogenated alkanes) is 1. The standard InChI is InChI=1S/C30H22BrClF3N3O8S/c1-2-3-10-45-28(41)19-14-18(6-7-21(19)32)36-26(39)15-37-27(40)25(47-29(37)42)12-16-4-8-23(20(31)11-16)46-24-9-5-17(30(33,34)35)13-22(24)38(43)44/h4-9,11-14H,2-3,10,15H2,1H3,(H,36,39)/b25-12+. The molecule has 17 heteroatoms. The summed E-state index contributed by atoms with van der Waals surface area (Å²) >= 11 is 9.93. The molecular formula is C30H22BrClF3N3O8S. The van der Waals surface area contributed by atoms with Gasteiger partial charge in [-0.25, -0.2) is 4.79 Å². The molecule has 1 aliphatic heterocycles. The number of benzene rings is 3. The number of imide groups is 1. The van der Waals surface area contributed by atoms with Gasteiger partial charge in [-0.2, -0.15) is 13.2 Å². The van der Waals surface area contributed by atoms with Crippen molar-refractivity contribution in [2.45, 2.75) is 25.9 Å². The topological polar surface area (TPSA) is 145 Å². The van der Waals surface area contributed by atoms with Crippen LogP contribution in [0.5, 0.6) is 11.5 Å². The maximum Gasteiger partial charge on any atom is 0.416 e. The van der Waals surface area contributed by atoms with Crippen molar-refractivity contribution >= 4 is 79.8 Å². The van der Waals surface area contributed by atoms with E-state index in [0.717, 1.165) is 17.4 Å². The second-order valence-electron chi connectivity index (χ2n) is 9.73. The van der Waals surface area contributed by atoms with Crippen LogP contribution in [-0.2, 0) is 20.5 Å². The number of hydrogen-bond donors (Lipinski definition) is 1. The minimum absolute atomic E-state index is 0.00894. The van der Waals surface area contributed by atoms with Crippen LogP contribution in [0.4, 0.5) is 29.3 Å². The number of nitro benzene ring substituents is 1. The molecule has 0 aliphatic carbocycles. The van der Waals surface area contributed by atoms with Crippen LogP contribution in [0.2, 0.25) is 5.02 Å². The predicted molar refractivity (Wildman–Crippen MR) is 170 cm³/mol. The highest BCUT2D eigenvalue weighted by Crippen LogP contribution is 2.40. The van der Waals surface area contributed by atoms with Crippen molar-refractivity contribution in [1.29, 1.82) is 0 Å². The molecule has 4 rings (SSSR count). The maximum atomic E-state index is 13.0. The Balaban J connectivity index is 1.43. The average molecular weight is 757 g/mol. The Bertz CT molecular complexity index is 1800. The number of hydrogen-bond acceptors (Lipinski definition) is 9. The second kappa shape index (κ2) is 15.0. The highest BCUT2D eigenvalue weighted by Gasteiger charge is 2.37. The summed E-state index contributed by atoms with van der Waals surface area (Å²) in [5.74, 6) is -2.54. The first-order valence-corrected chi connectivity index (χ1v) is 15.5. The van der Waals surface area contributed by atoms with Gasteiger partial charge in [0.15, 0.2) is 0 Å². The third-order valence-corrected chi connectivity index (χ3v) is 8.19. The zero-order chi connectivity index (χ0) is 34.5. The van der Waals surface area contributed by atoms with Gasteiger partial charge in [0.25, 0.3) is 11.1 Å². The first-order chi connectivity index (χ1) is 22.2. The molecule has 0 saturated carbocycles. The van der Waals surface area contributed by atoms with Crippen molar-refractivity contribution in [2.24, 2.45) is 0 Å². The summed E-state index contributed by atoms with van der Waals surface area (Å²) in [7, 11) is 0. The van der Waals surface area contributed by atoms with Crippen LogP contribution in [0.1, 0.15) is 41.3 Å². The van der Waals surface area contributed by atoms with E-state index in [1.165, 1.54) is 42.5 Å². The van der Waals surface area contributed by atoms with Crippen LogP contribution in [0.15, 0.2) is 64.0 Å². The Labute approximate surface area is 282 Å². The summed E-state index contributed by atoms with van der Waals surface area (Å²) in [4.78, 5) is 61.7. The molecule has 11 nitrogen and oxygen atoms in total. The molecule has 47 heavy (non-hydrogen) atoms. The summed E-state index contributed by atoms with van der Waals surface area (Å²) in [6, 6.07) is 10.3. The first kappa shape index (κ1) is 35.4. The van der Waals surface area contributed by atoms with E-state index in [1.807, 2.05) is 6.92 Å². The highest BCUT2D eigenvalue weighted by atomic mass is 79.9. The average Bonchev–Trinajstić information content (AvgIpc) is 3.26. The number of carbonyl (C=O) groups is 4. The number of alkyl halides is 3. The van der Waals surface area contributed by atoms with E-state index in [-0.39, 0.29) is 38.0 Å². The molecule has 246 valence electrons. The lowest BCUT2D eigenvalue weighted by Crippen LogP contribution is -2.36. The number of thioether (sulfide) groups is 1. The van der Waals surface area contributed by atoms with Crippen molar-refractivity contribution in [3.05, 3.63) is 95.8 Å². The number of carbonyl (C=O) groups excluding carboxylic acids is 4. The lowest BCUT2D eigenvalue weighted by molar-refractivity contribution is -0.385. The molecule has 0 radical (unpaired) electrons. The van der Waals surface area contributed by atoms with Crippen molar-refractivity contribution in [3.8, 4) is 11.5 Å². The number of anilines is 1. The normalized spacial score (nSPS) is 14.0. The smallest absolute Gasteiger partial charge is 0.416 e. The van der Waals surface area contributed by atoms with Crippen molar-refractivity contribution < 1.29 is 46.7 Å². The minimum Gasteiger partial charge on any atom is -0.462 e. The minimum atomic E-state index is -4.79. The zero-order valence-corrected chi connectivity index (χ0v) is 27.2. The lowest BCUT2D eigenvalue weighted by atomic mass is 10.1. The Kier molecular flexibility index (Phi) is 11.3. The number of rotatable bonds is 11. The van der Waals surface area contributed by atoms with Gasteiger partial charge < -0.3 is 14.8 Å². The zero-order valence-electron chi connectivity index (χ0n) is 24.1. The fraction of sp³-hybridized carbons (Fsp3) is 0.200. The van der Waals surface area contributed by atoms with E-state index in [0.29, 0.717) is 35.9 Å². The molecular weight excluding hydrogens is 735 g/mol. The van der Waals surface area contributed by atoms with Crippen molar-refractivity contribution in [3.63, 3.8) is 0 Å². The summed E-state index contributed by atoms with van der Waals surface area (Å²) in [5, 5.41) is 13.3. The summed E-state index contributed by atoms with van der Waals surface area (Å²) < 4.78 is 50.0. The van der Waals surface area contributed by atoms with Gasteiger partial charge in [0.2, 0.25) is 11.7 Å². The highest BCUT2D eigenvalue weighted by molar-refractivity contribution is 9.10. The van der Waals surface area contributed by atoms with Gasteiger partial charge in [0.1, 0.15) is 12.3 Å². The molecule has 1 heterocycles. The van der Waals surface area contributed by atoms with Gasteiger partial charge >= 0.3 is 17.8 Å². The van der Waals surface area contributed by atoms with E-state index in [9.17, 15) is 42.5 Å². The van der Waals surface area contributed by atoms with Gasteiger partial charge in [-0.3, -0.25) is 29.4 Å². The molecule has 0 aromatic heterocycles. The summed E-state index contributed by atoms with van der Waals surface area (Å²) in [6.07, 6.45) is -1.93. The number of amides is 3. The van der Waals surface area contributed by atoms with Crippen LogP contribution in [0, 0.1) is 10.1 Å². The number of esters is 1. The number of nitrogens with zero attached hydrogens (tertiary/aromatic N) is 2. The third kappa shape index (κ3) is 8.90. The van der Waals surface area contributed by atoms with Crippen LogP contribution < -0.4 is 10.1 Å². The molecule has 3 amide bonds. The van der Waals surface area contributed by atoms with Gasteiger partial charge in [-0.15, -0.1) is 0 Å². The van der Waals surface area contributed by atoms with E-state index in [1.54, 1.807) is 0 Å². The summed E-state index contributed by atoms with van der Waals surface area (Å²) in [5.41, 5.74) is -1.49. The van der Waals surface area contributed by atoms with Crippen LogP contribution in [0.3, 0.4) is 0 Å². The molecule has 1 fully saturated rings. The monoisotopic (exact) mass is 755 g/mol. The number of ether oxygens (including phenoxy) is 2. The molecule has 3 aromatic rings. The fourth-order valence-electron chi connectivity index (χ4n) is 4.01.